The molecule has 1 aromatic heterocycles. The number of nitrogen functional groups attached to an aromatic ring is 1. The van der Waals surface area contributed by atoms with Crippen molar-refractivity contribution in [2.45, 2.75) is 32.8 Å². The van der Waals surface area contributed by atoms with E-state index in [1.807, 2.05) is 19.9 Å². The van der Waals surface area contributed by atoms with E-state index in [-0.39, 0.29) is 11.9 Å². The van der Waals surface area contributed by atoms with Crippen LogP contribution in [0.2, 0.25) is 0 Å². The molecule has 1 aromatic rings. The Morgan fingerprint density at radius 1 is 1.53 bits per heavy atom. The lowest BCUT2D eigenvalue weighted by atomic mass is 10.0. The third-order valence-corrected chi connectivity index (χ3v) is 3.63. The molecule has 2 heterocycles. The zero-order valence-electron chi connectivity index (χ0n) is 11.9. The Bertz CT molecular complexity index is 487. The van der Waals surface area contributed by atoms with Gasteiger partial charge in [-0.1, -0.05) is 0 Å². The van der Waals surface area contributed by atoms with Gasteiger partial charge in [0.15, 0.2) is 0 Å². The topological polar surface area (TPSA) is 75.2 Å². The number of pyridine rings is 1. The van der Waals surface area contributed by atoms with Gasteiger partial charge in [-0.05, 0) is 32.8 Å². The van der Waals surface area contributed by atoms with E-state index >= 15 is 0 Å². The predicted molar refractivity (Wildman–Crippen MR) is 77.0 cm³/mol. The Morgan fingerprint density at radius 2 is 2.26 bits per heavy atom. The van der Waals surface area contributed by atoms with Crippen molar-refractivity contribution in [3.05, 3.63) is 23.0 Å². The van der Waals surface area contributed by atoms with Gasteiger partial charge in [0.05, 0.1) is 23.0 Å². The molecule has 5 nitrogen and oxygen atoms in total. The minimum Gasteiger partial charge on any atom is -0.384 e. The van der Waals surface area contributed by atoms with Gasteiger partial charge in [-0.2, -0.15) is 0 Å². The summed E-state index contributed by atoms with van der Waals surface area (Å²) in [7, 11) is 1.75. The summed E-state index contributed by atoms with van der Waals surface area (Å²) < 4.78 is 5.46. The smallest absolute Gasteiger partial charge is 0.126 e. The monoisotopic (exact) mass is 262 g/mol. The van der Waals surface area contributed by atoms with E-state index in [4.69, 9.17) is 15.9 Å². The normalized spacial score (nSPS) is 19.5. The van der Waals surface area contributed by atoms with E-state index in [0.29, 0.717) is 0 Å². The molecule has 0 aromatic carbocycles. The Morgan fingerprint density at radius 3 is 2.89 bits per heavy atom. The van der Waals surface area contributed by atoms with Crippen molar-refractivity contribution in [3.63, 3.8) is 0 Å². The number of hydrogen-bond donors (Lipinski definition) is 2. The van der Waals surface area contributed by atoms with Crippen LogP contribution in [0.25, 0.3) is 0 Å². The summed E-state index contributed by atoms with van der Waals surface area (Å²) in [5.74, 6) is 0.0829. The first-order valence-corrected chi connectivity index (χ1v) is 6.63. The molecule has 1 aliphatic rings. The fourth-order valence-corrected chi connectivity index (χ4v) is 2.74. The second-order valence-electron chi connectivity index (χ2n) is 5.10. The number of aromatic nitrogens is 1. The molecular weight excluding hydrogens is 240 g/mol. The lowest BCUT2D eigenvalue weighted by molar-refractivity contribution is 0.0893. The number of nitrogens with one attached hydrogen (secondary N) is 1. The van der Waals surface area contributed by atoms with Gasteiger partial charge < -0.3 is 15.4 Å². The standard InChI is InChI=1S/C14H22N4O/c1-9-7-12(13(14(15)16)10(2)17-9)18-6-4-5-11(8-18)19-3/h7,11H,4-6,8H2,1-3H3,(H3,15,16). The Balaban J connectivity index is 2.40. The lowest BCUT2D eigenvalue weighted by Crippen LogP contribution is -2.40. The zero-order chi connectivity index (χ0) is 14.0. The number of methoxy groups -OCH3 is 1. The molecule has 0 bridgehead atoms. The van der Waals surface area contributed by atoms with Crippen molar-refractivity contribution in [1.82, 2.24) is 4.98 Å². The van der Waals surface area contributed by atoms with Crippen molar-refractivity contribution < 1.29 is 4.74 Å². The molecular formula is C14H22N4O. The average molecular weight is 262 g/mol. The first-order chi connectivity index (χ1) is 9.02. The molecule has 0 aliphatic carbocycles. The number of nitrogens with two attached hydrogens (primary N) is 1. The highest BCUT2D eigenvalue weighted by atomic mass is 16.5. The molecule has 2 rings (SSSR count). The van der Waals surface area contributed by atoms with E-state index in [9.17, 15) is 0 Å². The van der Waals surface area contributed by atoms with Crippen LogP contribution in [0, 0.1) is 19.3 Å². The fourth-order valence-electron chi connectivity index (χ4n) is 2.74. The molecule has 1 aliphatic heterocycles. The van der Waals surface area contributed by atoms with E-state index in [1.165, 1.54) is 0 Å². The number of amidine groups is 1. The fraction of sp³-hybridized carbons (Fsp3) is 0.571. The molecule has 1 unspecified atom stereocenters. The van der Waals surface area contributed by atoms with Crippen molar-refractivity contribution in [2.75, 3.05) is 25.1 Å². The quantitative estimate of drug-likeness (QED) is 0.641. The summed E-state index contributed by atoms with van der Waals surface area (Å²) in [5, 5.41) is 7.78. The number of nitrogens with zero attached hydrogens (tertiary/aromatic N) is 2. The maximum Gasteiger partial charge on any atom is 0.126 e. The summed E-state index contributed by atoms with van der Waals surface area (Å²) in [5.41, 5.74) is 9.27. The first kappa shape index (κ1) is 13.8. The minimum atomic E-state index is 0.0829. The highest BCUT2D eigenvalue weighted by molar-refractivity contribution is 6.01. The van der Waals surface area contributed by atoms with Gasteiger partial charge in [0, 0.05) is 25.9 Å². The van der Waals surface area contributed by atoms with E-state index in [1.54, 1.807) is 7.11 Å². The third-order valence-electron chi connectivity index (χ3n) is 3.63. The summed E-state index contributed by atoms with van der Waals surface area (Å²) in [6, 6.07) is 2.02. The Kier molecular flexibility index (Phi) is 4.04. The van der Waals surface area contributed by atoms with Gasteiger partial charge in [0.1, 0.15) is 5.84 Å². The maximum absolute atomic E-state index is 7.78. The molecule has 0 amide bonds. The van der Waals surface area contributed by atoms with E-state index in [0.717, 1.165) is 48.6 Å². The molecule has 19 heavy (non-hydrogen) atoms. The van der Waals surface area contributed by atoms with Crippen LogP contribution < -0.4 is 10.6 Å². The van der Waals surface area contributed by atoms with Crippen molar-refractivity contribution >= 4 is 11.5 Å². The predicted octanol–water partition coefficient (Wildman–Crippen LogP) is 1.60. The van der Waals surface area contributed by atoms with E-state index in [2.05, 4.69) is 9.88 Å². The van der Waals surface area contributed by atoms with Crippen LogP contribution >= 0.6 is 0 Å². The maximum atomic E-state index is 7.78. The number of piperidine rings is 1. The SMILES string of the molecule is COC1CCCN(c2cc(C)nc(C)c2C(=N)N)C1. The number of rotatable bonds is 3. The highest BCUT2D eigenvalue weighted by Crippen LogP contribution is 2.27. The largest absolute Gasteiger partial charge is 0.384 e. The summed E-state index contributed by atoms with van der Waals surface area (Å²) in [4.78, 5) is 6.67. The van der Waals surface area contributed by atoms with Crippen LogP contribution in [0.5, 0.6) is 0 Å². The second-order valence-corrected chi connectivity index (χ2v) is 5.10. The molecule has 0 spiro atoms. The van der Waals surface area contributed by atoms with Crippen LogP contribution in [0.15, 0.2) is 6.07 Å². The van der Waals surface area contributed by atoms with Gasteiger partial charge in [-0.25, -0.2) is 0 Å². The summed E-state index contributed by atoms with van der Waals surface area (Å²) in [6.07, 6.45) is 2.43. The number of hydrogen-bond acceptors (Lipinski definition) is 4. The van der Waals surface area contributed by atoms with Crippen LogP contribution in [-0.2, 0) is 4.74 Å². The van der Waals surface area contributed by atoms with Crippen molar-refractivity contribution in [3.8, 4) is 0 Å². The average Bonchev–Trinajstić information content (AvgIpc) is 2.37. The number of anilines is 1. The van der Waals surface area contributed by atoms with Crippen LogP contribution in [0.1, 0.15) is 29.8 Å². The van der Waals surface area contributed by atoms with Gasteiger partial charge in [0.2, 0.25) is 0 Å². The summed E-state index contributed by atoms with van der Waals surface area (Å²) >= 11 is 0. The van der Waals surface area contributed by atoms with E-state index < -0.39 is 0 Å². The molecule has 104 valence electrons. The van der Waals surface area contributed by atoms with Crippen LogP contribution in [0.3, 0.4) is 0 Å². The van der Waals surface area contributed by atoms with Crippen LogP contribution in [0.4, 0.5) is 5.69 Å². The molecule has 0 radical (unpaired) electrons. The number of ether oxygens (including phenoxy) is 1. The molecule has 0 saturated carbocycles. The van der Waals surface area contributed by atoms with Gasteiger partial charge in [0.25, 0.3) is 0 Å². The molecule has 5 heteroatoms. The van der Waals surface area contributed by atoms with Crippen LogP contribution in [-0.4, -0.2) is 37.1 Å². The highest BCUT2D eigenvalue weighted by Gasteiger charge is 2.23. The molecule has 1 fully saturated rings. The first-order valence-electron chi connectivity index (χ1n) is 6.63. The molecule has 3 N–H and O–H groups in total. The minimum absolute atomic E-state index is 0.0829. The Hall–Kier alpha value is -1.62. The van der Waals surface area contributed by atoms with Crippen molar-refractivity contribution in [1.29, 1.82) is 5.41 Å². The lowest BCUT2D eigenvalue weighted by Gasteiger charge is -2.35. The summed E-state index contributed by atoms with van der Waals surface area (Å²) in [6.45, 7) is 5.70. The Labute approximate surface area is 114 Å². The second kappa shape index (κ2) is 5.57. The van der Waals surface area contributed by atoms with Gasteiger partial charge in [-0.15, -0.1) is 0 Å². The van der Waals surface area contributed by atoms with Gasteiger partial charge in [-0.3, -0.25) is 10.4 Å². The molecule has 1 atom stereocenters. The molecule has 1 saturated heterocycles. The number of aryl methyl sites for hydroxylation is 2. The zero-order valence-corrected chi connectivity index (χ0v) is 11.9. The third kappa shape index (κ3) is 2.87. The van der Waals surface area contributed by atoms with Gasteiger partial charge >= 0.3 is 0 Å². The van der Waals surface area contributed by atoms with Crippen molar-refractivity contribution in [2.24, 2.45) is 5.73 Å².